The first kappa shape index (κ1) is 14.6. The highest BCUT2D eigenvalue weighted by atomic mass is 16.2. The minimum atomic E-state index is -0.346. The predicted molar refractivity (Wildman–Crippen MR) is 78.7 cm³/mol. The van der Waals surface area contributed by atoms with E-state index in [4.69, 9.17) is 0 Å². The van der Waals surface area contributed by atoms with Crippen molar-refractivity contribution in [2.75, 3.05) is 13.1 Å². The molecule has 108 valence electrons. The lowest BCUT2D eigenvalue weighted by atomic mass is 10.0. The zero-order valence-electron chi connectivity index (χ0n) is 12.3. The average molecular weight is 274 g/mol. The Hall–Kier alpha value is -1.84. The van der Waals surface area contributed by atoms with E-state index in [0.717, 1.165) is 0 Å². The average Bonchev–Trinajstić information content (AvgIpc) is 2.46. The molecule has 1 aliphatic rings. The molecule has 0 saturated carbocycles. The largest absolute Gasteiger partial charge is 0.353 e. The van der Waals surface area contributed by atoms with Gasteiger partial charge in [0.1, 0.15) is 6.04 Å². The third kappa shape index (κ3) is 2.84. The minimum Gasteiger partial charge on any atom is -0.353 e. The SMILES string of the molecule is CCC1C(=O)NCCN1C(=O)c1ccc(C(C)C)cc1. The number of amides is 2. The first-order valence-electron chi connectivity index (χ1n) is 7.23. The summed E-state index contributed by atoms with van der Waals surface area (Å²) in [5.41, 5.74) is 1.87. The molecule has 0 radical (unpaired) electrons. The zero-order valence-corrected chi connectivity index (χ0v) is 12.3. The number of rotatable bonds is 3. The summed E-state index contributed by atoms with van der Waals surface area (Å²) in [5.74, 6) is 0.344. The summed E-state index contributed by atoms with van der Waals surface area (Å²) in [6.45, 7) is 7.29. The summed E-state index contributed by atoms with van der Waals surface area (Å²) in [6.07, 6.45) is 0.641. The Kier molecular flexibility index (Phi) is 4.42. The molecule has 2 amide bonds. The first-order chi connectivity index (χ1) is 9.54. The molecular weight excluding hydrogens is 252 g/mol. The van der Waals surface area contributed by atoms with Crippen molar-refractivity contribution in [3.8, 4) is 0 Å². The molecule has 1 fully saturated rings. The van der Waals surface area contributed by atoms with Gasteiger partial charge >= 0.3 is 0 Å². The van der Waals surface area contributed by atoms with E-state index < -0.39 is 0 Å². The van der Waals surface area contributed by atoms with Crippen molar-refractivity contribution in [1.82, 2.24) is 10.2 Å². The Bertz CT molecular complexity index is 494. The van der Waals surface area contributed by atoms with Crippen LogP contribution in [0.25, 0.3) is 0 Å². The van der Waals surface area contributed by atoms with Crippen LogP contribution in [0.4, 0.5) is 0 Å². The Morgan fingerprint density at radius 2 is 2.00 bits per heavy atom. The molecule has 1 atom stereocenters. The molecule has 1 aliphatic heterocycles. The van der Waals surface area contributed by atoms with Crippen molar-refractivity contribution in [2.24, 2.45) is 0 Å². The molecule has 4 heteroatoms. The molecule has 1 aromatic carbocycles. The lowest BCUT2D eigenvalue weighted by Crippen LogP contribution is -2.56. The van der Waals surface area contributed by atoms with E-state index in [9.17, 15) is 9.59 Å². The van der Waals surface area contributed by atoms with Gasteiger partial charge in [0.25, 0.3) is 5.91 Å². The number of piperazine rings is 1. The Labute approximate surface area is 120 Å². The standard InChI is InChI=1S/C16H22N2O2/c1-4-14-15(19)17-9-10-18(14)16(20)13-7-5-12(6-8-13)11(2)3/h5-8,11,14H,4,9-10H2,1-3H3,(H,17,19). The fourth-order valence-electron chi connectivity index (χ4n) is 2.54. The normalized spacial score (nSPS) is 19.1. The van der Waals surface area contributed by atoms with Crippen LogP contribution in [0.5, 0.6) is 0 Å². The maximum Gasteiger partial charge on any atom is 0.254 e. The lowest BCUT2D eigenvalue weighted by Gasteiger charge is -2.34. The van der Waals surface area contributed by atoms with Crippen LogP contribution in [-0.4, -0.2) is 35.8 Å². The van der Waals surface area contributed by atoms with Crippen molar-refractivity contribution in [3.63, 3.8) is 0 Å². The first-order valence-corrected chi connectivity index (χ1v) is 7.23. The number of hydrogen-bond acceptors (Lipinski definition) is 2. The van der Waals surface area contributed by atoms with Crippen LogP contribution in [0.3, 0.4) is 0 Å². The van der Waals surface area contributed by atoms with Gasteiger partial charge in [0.2, 0.25) is 5.91 Å². The Morgan fingerprint density at radius 3 is 2.55 bits per heavy atom. The molecule has 1 aromatic rings. The van der Waals surface area contributed by atoms with Gasteiger partial charge in [-0.1, -0.05) is 32.9 Å². The van der Waals surface area contributed by atoms with Gasteiger partial charge in [-0.2, -0.15) is 0 Å². The van der Waals surface area contributed by atoms with E-state index in [0.29, 0.717) is 31.0 Å². The van der Waals surface area contributed by atoms with Gasteiger partial charge in [0.05, 0.1) is 0 Å². The van der Waals surface area contributed by atoms with Crippen molar-refractivity contribution in [1.29, 1.82) is 0 Å². The summed E-state index contributed by atoms with van der Waals surface area (Å²) in [5, 5.41) is 2.81. The summed E-state index contributed by atoms with van der Waals surface area (Å²) in [7, 11) is 0. The highest BCUT2D eigenvalue weighted by Crippen LogP contribution is 2.18. The molecule has 0 aliphatic carbocycles. The fraction of sp³-hybridized carbons (Fsp3) is 0.500. The van der Waals surface area contributed by atoms with Crippen molar-refractivity contribution in [3.05, 3.63) is 35.4 Å². The van der Waals surface area contributed by atoms with Gasteiger partial charge in [-0.05, 0) is 30.0 Å². The minimum absolute atomic E-state index is 0.0501. The summed E-state index contributed by atoms with van der Waals surface area (Å²) in [6, 6.07) is 7.35. The van der Waals surface area contributed by atoms with Gasteiger partial charge < -0.3 is 10.2 Å². The molecule has 0 aromatic heterocycles. The quantitative estimate of drug-likeness (QED) is 0.918. The van der Waals surface area contributed by atoms with Crippen LogP contribution in [0.2, 0.25) is 0 Å². The molecule has 1 saturated heterocycles. The molecule has 20 heavy (non-hydrogen) atoms. The van der Waals surface area contributed by atoms with E-state index in [1.165, 1.54) is 5.56 Å². The van der Waals surface area contributed by atoms with Crippen LogP contribution in [0, 0.1) is 0 Å². The van der Waals surface area contributed by atoms with Crippen molar-refractivity contribution in [2.45, 2.75) is 39.2 Å². The number of carbonyl (C=O) groups is 2. The second-order valence-electron chi connectivity index (χ2n) is 5.49. The molecule has 0 spiro atoms. The van der Waals surface area contributed by atoms with Gasteiger partial charge in [-0.15, -0.1) is 0 Å². The maximum atomic E-state index is 12.5. The van der Waals surface area contributed by atoms with Gasteiger partial charge in [-0.3, -0.25) is 9.59 Å². The maximum absolute atomic E-state index is 12.5. The monoisotopic (exact) mass is 274 g/mol. The molecule has 1 N–H and O–H groups in total. The van der Waals surface area contributed by atoms with Gasteiger partial charge in [0.15, 0.2) is 0 Å². The van der Waals surface area contributed by atoms with Crippen molar-refractivity contribution >= 4 is 11.8 Å². The van der Waals surface area contributed by atoms with Crippen LogP contribution in [-0.2, 0) is 4.79 Å². The lowest BCUT2D eigenvalue weighted by molar-refractivity contribution is -0.127. The van der Waals surface area contributed by atoms with Gasteiger partial charge in [-0.25, -0.2) is 0 Å². The topological polar surface area (TPSA) is 49.4 Å². The second-order valence-corrected chi connectivity index (χ2v) is 5.49. The van der Waals surface area contributed by atoms with Gasteiger partial charge in [0, 0.05) is 18.7 Å². The third-order valence-corrected chi connectivity index (χ3v) is 3.80. The number of hydrogen-bond donors (Lipinski definition) is 1. The highest BCUT2D eigenvalue weighted by molar-refractivity contribution is 5.98. The molecular formula is C16H22N2O2. The van der Waals surface area contributed by atoms with Crippen molar-refractivity contribution < 1.29 is 9.59 Å². The van der Waals surface area contributed by atoms with Crippen LogP contribution in [0.1, 0.15) is 49.0 Å². The molecule has 2 rings (SSSR count). The second kappa shape index (κ2) is 6.07. The molecule has 1 heterocycles. The summed E-state index contributed by atoms with van der Waals surface area (Å²) < 4.78 is 0. The van der Waals surface area contributed by atoms with E-state index in [2.05, 4.69) is 19.2 Å². The van der Waals surface area contributed by atoms with E-state index in [-0.39, 0.29) is 17.9 Å². The van der Waals surface area contributed by atoms with Crippen LogP contribution >= 0.6 is 0 Å². The number of nitrogens with zero attached hydrogens (tertiary/aromatic N) is 1. The van der Waals surface area contributed by atoms with E-state index >= 15 is 0 Å². The zero-order chi connectivity index (χ0) is 14.7. The highest BCUT2D eigenvalue weighted by Gasteiger charge is 2.31. The number of nitrogens with one attached hydrogen (secondary N) is 1. The Morgan fingerprint density at radius 1 is 1.35 bits per heavy atom. The number of benzene rings is 1. The fourth-order valence-corrected chi connectivity index (χ4v) is 2.54. The van der Waals surface area contributed by atoms with E-state index in [1.807, 2.05) is 31.2 Å². The summed E-state index contributed by atoms with van der Waals surface area (Å²) in [4.78, 5) is 26.0. The third-order valence-electron chi connectivity index (χ3n) is 3.80. The smallest absolute Gasteiger partial charge is 0.254 e. The molecule has 0 bridgehead atoms. The molecule has 1 unspecified atom stereocenters. The predicted octanol–water partition coefficient (Wildman–Crippen LogP) is 2.16. The summed E-state index contributed by atoms with van der Waals surface area (Å²) >= 11 is 0. The Balaban J connectivity index is 2.19. The van der Waals surface area contributed by atoms with Crippen LogP contribution < -0.4 is 5.32 Å². The van der Waals surface area contributed by atoms with Crippen LogP contribution in [0.15, 0.2) is 24.3 Å². The van der Waals surface area contributed by atoms with E-state index in [1.54, 1.807) is 4.90 Å². The molecule has 4 nitrogen and oxygen atoms in total. The number of carbonyl (C=O) groups excluding carboxylic acids is 2.